The van der Waals surface area contributed by atoms with Crippen LogP contribution in [-0.2, 0) is 6.54 Å². The molecular weight excluding hydrogens is 188 g/mol. The Morgan fingerprint density at radius 2 is 2.20 bits per heavy atom. The number of ether oxygens (including phenoxy) is 1. The molecule has 0 radical (unpaired) electrons. The Kier molecular flexibility index (Phi) is 4.65. The largest absolute Gasteiger partial charge is 0.476 e. The van der Waals surface area contributed by atoms with Crippen molar-refractivity contribution in [1.82, 2.24) is 5.32 Å². The van der Waals surface area contributed by atoms with Crippen molar-refractivity contribution >= 4 is 0 Å². The lowest BCUT2D eigenvalue weighted by atomic mass is 10.2. The molecule has 0 saturated carbocycles. The predicted octanol–water partition coefficient (Wildman–Crippen LogP) is 2.09. The van der Waals surface area contributed by atoms with Crippen LogP contribution in [0, 0.1) is 11.3 Å². The number of hydrogen-bond acceptors (Lipinski definition) is 3. The Morgan fingerprint density at radius 3 is 2.87 bits per heavy atom. The third-order valence-corrected chi connectivity index (χ3v) is 2.02. The number of nitriles is 1. The summed E-state index contributed by atoms with van der Waals surface area (Å²) in [5.41, 5.74) is 1.08. The molecule has 1 unspecified atom stereocenters. The first kappa shape index (κ1) is 11.5. The van der Waals surface area contributed by atoms with Gasteiger partial charge in [0.15, 0.2) is 6.10 Å². The molecule has 1 atom stereocenters. The van der Waals surface area contributed by atoms with E-state index < -0.39 is 6.10 Å². The molecule has 0 aliphatic carbocycles. The van der Waals surface area contributed by atoms with Crippen molar-refractivity contribution in [3.8, 4) is 11.8 Å². The fourth-order valence-electron chi connectivity index (χ4n) is 1.24. The molecule has 3 nitrogen and oxygen atoms in total. The number of hydrogen-bond donors (Lipinski definition) is 1. The number of para-hydroxylation sites is 1. The minimum Gasteiger partial charge on any atom is -0.476 e. The zero-order valence-corrected chi connectivity index (χ0v) is 9.16. The average molecular weight is 204 g/mol. The molecule has 1 N–H and O–H groups in total. The Hall–Kier alpha value is -1.53. The fraction of sp³-hybridized carbons (Fsp3) is 0.417. The highest BCUT2D eigenvalue weighted by molar-refractivity contribution is 5.33. The molecule has 1 rings (SSSR count). The summed E-state index contributed by atoms with van der Waals surface area (Å²) in [5.74, 6) is 0.785. The van der Waals surface area contributed by atoms with Crippen molar-refractivity contribution in [2.24, 2.45) is 0 Å². The van der Waals surface area contributed by atoms with E-state index in [1.165, 1.54) is 0 Å². The van der Waals surface area contributed by atoms with E-state index in [0.29, 0.717) is 0 Å². The van der Waals surface area contributed by atoms with Gasteiger partial charge in [0, 0.05) is 12.1 Å². The molecule has 1 aromatic rings. The SMILES string of the molecule is CCNCc1ccccc1OC(C)C#N. The molecule has 0 fully saturated rings. The van der Waals surface area contributed by atoms with E-state index in [0.717, 1.165) is 24.4 Å². The van der Waals surface area contributed by atoms with Gasteiger partial charge in [-0.25, -0.2) is 0 Å². The zero-order chi connectivity index (χ0) is 11.1. The van der Waals surface area contributed by atoms with Crippen LogP contribution >= 0.6 is 0 Å². The van der Waals surface area contributed by atoms with Gasteiger partial charge in [-0.3, -0.25) is 0 Å². The summed E-state index contributed by atoms with van der Waals surface area (Å²) in [6, 6.07) is 9.83. The number of nitrogens with one attached hydrogen (secondary N) is 1. The van der Waals surface area contributed by atoms with Gasteiger partial charge in [0.05, 0.1) is 0 Å². The van der Waals surface area contributed by atoms with Gasteiger partial charge in [0.1, 0.15) is 11.8 Å². The standard InChI is InChI=1S/C12H16N2O/c1-3-14-9-11-6-4-5-7-12(11)15-10(2)8-13/h4-7,10,14H,3,9H2,1-2H3. The third-order valence-electron chi connectivity index (χ3n) is 2.02. The summed E-state index contributed by atoms with van der Waals surface area (Å²) in [5, 5.41) is 11.9. The van der Waals surface area contributed by atoms with E-state index in [9.17, 15) is 0 Å². The van der Waals surface area contributed by atoms with E-state index in [-0.39, 0.29) is 0 Å². The number of benzene rings is 1. The number of rotatable bonds is 5. The van der Waals surface area contributed by atoms with Gasteiger partial charge in [-0.1, -0.05) is 25.1 Å². The number of nitrogens with zero attached hydrogens (tertiary/aromatic N) is 1. The Labute approximate surface area is 90.7 Å². The molecular formula is C12H16N2O. The van der Waals surface area contributed by atoms with E-state index in [1.54, 1.807) is 6.92 Å². The van der Waals surface area contributed by atoms with Crippen molar-refractivity contribution < 1.29 is 4.74 Å². The van der Waals surface area contributed by atoms with Crippen LogP contribution in [0.5, 0.6) is 5.75 Å². The molecule has 0 aliphatic heterocycles. The quantitative estimate of drug-likeness (QED) is 0.798. The van der Waals surface area contributed by atoms with Crippen LogP contribution in [0.1, 0.15) is 19.4 Å². The van der Waals surface area contributed by atoms with Gasteiger partial charge < -0.3 is 10.1 Å². The second-order valence-electron chi connectivity index (χ2n) is 3.28. The summed E-state index contributed by atoms with van der Waals surface area (Å²) in [6.07, 6.45) is -0.409. The summed E-state index contributed by atoms with van der Waals surface area (Å²) in [4.78, 5) is 0. The summed E-state index contributed by atoms with van der Waals surface area (Å²) in [7, 11) is 0. The molecule has 80 valence electrons. The van der Waals surface area contributed by atoms with E-state index >= 15 is 0 Å². The zero-order valence-electron chi connectivity index (χ0n) is 9.16. The Morgan fingerprint density at radius 1 is 1.47 bits per heavy atom. The van der Waals surface area contributed by atoms with E-state index in [1.807, 2.05) is 24.3 Å². The van der Waals surface area contributed by atoms with Crippen LogP contribution in [0.4, 0.5) is 0 Å². The van der Waals surface area contributed by atoms with Crippen molar-refractivity contribution in [2.45, 2.75) is 26.5 Å². The smallest absolute Gasteiger partial charge is 0.181 e. The van der Waals surface area contributed by atoms with Crippen molar-refractivity contribution in [1.29, 1.82) is 5.26 Å². The maximum absolute atomic E-state index is 8.67. The highest BCUT2D eigenvalue weighted by Crippen LogP contribution is 2.18. The van der Waals surface area contributed by atoms with Gasteiger partial charge in [-0.05, 0) is 19.5 Å². The van der Waals surface area contributed by atoms with Crippen LogP contribution in [0.15, 0.2) is 24.3 Å². The Bertz CT molecular complexity index is 344. The second-order valence-corrected chi connectivity index (χ2v) is 3.28. The van der Waals surface area contributed by atoms with Crippen LogP contribution in [0.25, 0.3) is 0 Å². The first-order chi connectivity index (χ1) is 7.27. The highest BCUT2D eigenvalue weighted by Gasteiger charge is 2.05. The molecule has 1 aromatic carbocycles. The minimum absolute atomic E-state index is 0.409. The second kappa shape index (κ2) is 6.05. The molecule has 0 spiro atoms. The summed E-state index contributed by atoms with van der Waals surface area (Å²) < 4.78 is 5.49. The maximum Gasteiger partial charge on any atom is 0.181 e. The van der Waals surface area contributed by atoms with Crippen LogP contribution in [0.3, 0.4) is 0 Å². The summed E-state index contributed by atoms with van der Waals surface area (Å²) >= 11 is 0. The molecule has 0 amide bonds. The molecule has 0 bridgehead atoms. The van der Waals surface area contributed by atoms with Crippen molar-refractivity contribution in [2.75, 3.05) is 6.54 Å². The first-order valence-corrected chi connectivity index (χ1v) is 5.12. The molecule has 0 heterocycles. The molecule has 0 aromatic heterocycles. The van der Waals surface area contributed by atoms with Crippen molar-refractivity contribution in [3.63, 3.8) is 0 Å². The van der Waals surface area contributed by atoms with Gasteiger partial charge in [0.2, 0.25) is 0 Å². The van der Waals surface area contributed by atoms with Crippen LogP contribution in [-0.4, -0.2) is 12.6 Å². The van der Waals surface area contributed by atoms with Crippen LogP contribution < -0.4 is 10.1 Å². The van der Waals surface area contributed by atoms with Crippen LogP contribution in [0.2, 0.25) is 0 Å². The lowest BCUT2D eigenvalue weighted by Gasteiger charge is -2.12. The first-order valence-electron chi connectivity index (χ1n) is 5.12. The minimum atomic E-state index is -0.409. The van der Waals surface area contributed by atoms with Crippen molar-refractivity contribution in [3.05, 3.63) is 29.8 Å². The maximum atomic E-state index is 8.67. The predicted molar refractivity (Wildman–Crippen MR) is 59.5 cm³/mol. The van der Waals surface area contributed by atoms with E-state index in [4.69, 9.17) is 10.00 Å². The normalized spacial score (nSPS) is 11.8. The van der Waals surface area contributed by atoms with Gasteiger partial charge in [0.25, 0.3) is 0 Å². The summed E-state index contributed by atoms with van der Waals surface area (Å²) in [6.45, 7) is 5.48. The average Bonchev–Trinajstić information content (AvgIpc) is 2.28. The molecule has 3 heteroatoms. The monoisotopic (exact) mass is 204 g/mol. The Balaban J connectivity index is 2.73. The molecule has 0 aliphatic rings. The lowest BCUT2D eigenvalue weighted by Crippen LogP contribution is -2.15. The topological polar surface area (TPSA) is 45.0 Å². The third kappa shape index (κ3) is 3.61. The van der Waals surface area contributed by atoms with Gasteiger partial charge in [-0.15, -0.1) is 0 Å². The van der Waals surface area contributed by atoms with Gasteiger partial charge in [-0.2, -0.15) is 5.26 Å². The van der Waals surface area contributed by atoms with Gasteiger partial charge >= 0.3 is 0 Å². The lowest BCUT2D eigenvalue weighted by molar-refractivity contribution is 0.273. The fourth-order valence-corrected chi connectivity index (χ4v) is 1.24. The molecule has 0 saturated heterocycles. The highest BCUT2D eigenvalue weighted by atomic mass is 16.5. The molecule has 15 heavy (non-hydrogen) atoms. The van der Waals surface area contributed by atoms with E-state index in [2.05, 4.69) is 18.3 Å².